The molecule has 0 unspecified atom stereocenters. The second kappa shape index (κ2) is 6.18. The van der Waals surface area contributed by atoms with Gasteiger partial charge in [-0.2, -0.15) is 0 Å². The van der Waals surface area contributed by atoms with Gasteiger partial charge in [0.2, 0.25) is 0 Å². The summed E-state index contributed by atoms with van der Waals surface area (Å²) in [4.78, 5) is 0. The smallest absolute Gasteiger partial charge is 0.196 e. The Bertz CT molecular complexity index is 793. The zero-order valence-corrected chi connectivity index (χ0v) is 14.6. The Balaban J connectivity index is 1.89. The van der Waals surface area contributed by atoms with E-state index in [0.717, 1.165) is 20.9 Å². The summed E-state index contributed by atoms with van der Waals surface area (Å²) in [6.07, 6.45) is 1.76. The molecule has 114 valence electrons. The van der Waals surface area contributed by atoms with Gasteiger partial charge in [-0.3, -0.25) is 4.57 Å². The fourth-order valence-electron chi connectivity index (χ4n) is 2.23. The van der Waals surface area contributed by atoms with Crippen LogP contribution in [0.4, 0.5) is 0 Å². The van der Waals surface area contributed by atoms with Gasteiger partial charge in [-0.1, -0.05) is 29.5 Å². The topological polar surface area (TPSA) is 56.5 Å². The minimum absolute atomic E-state index is 0.194. The number of hydrogen-bond acceptors (Lipinski definition) is 6. The highest BCUT2D eigenvalue weighted by Crippen LogP contribution is 2.36. The third-order valence-electron chi connectivity index (χ3n) is 3.30. The molecule has 1 aromatic carbocycles. The van der Waals surface area contributed by atoms with Gasteiger partial charge in [0.15, 0.2) is 5.16 Å². The molecule has 0 aliphatic rings. The molecule has 0 N–H and O–H groups in total. The van der Waals surface area contributed by atoms with Crippen LogP contribution in [0, 0.1) is 20.8 Å². The molecule has 0 saturated heterocycles. The molecule has 3 aromatic rings. The first kappa shape index (κ1) is 15.2. The molecule has 0 amide bonds. The monoisotopic (exact) mass is 331 g/mol. The van der Waals surface area contributed by atoms with Gasteiger partial charge in [-0.25, -0.2) is 0 Å². The molecule has 0 saturated carbocycles. The fraction of sp³-hybridized carbons (Fsp3) is 0.333. The maximum absolute atomic E-state index is 4.26. The van der Waals surface area contributed by atoms with Crippen LogP contribution in [0.3, 0.4) is 0 Å². The first-order valence-electron chi connectivity index (χ1n) is 6.99. The Kier molecular flexibility index (Phi) is 4.26. The van der Waals surface area contributed by atoms with Crippen LogP contribution < -0.4 is 0 Å². The highest BCUT2D eigenvalue weighted by atomic mass is 32.2. The van der Waals surface area contributed by atoms with E-state index in [0.29, 0.717) is 0 Å². The molecular formula is C15H17N5S2. The number of thioether (sulfide) groups is 1. The lowest BCUT2D eigenvalue weighted by molar-refractivity contribution is 0.865. The van der Waals surface area contributed by atoms with Crippen molar-refractivity contribution in [2.75, 3.05) is 0 Å². The van der Waals surface area contributed by atoms with Gasteiger partial charge in [0.1, 0.15) is 16.3 Å². The molecule has 22 heavy (non-hydrogen) atoms. The minimum Gasteiger partial charge on any atom is -0.276 e. The molecule has 7 heteroatoms. The van der Waals surface area contributed by atoms with Gasteiger partial charge in [-0.05, 0) is 39.3 Å². The van der Waals surface area contributed by atoms with Crippen molar-refractivity contribution in [1.82, 2.24) is 25.0 Å². The van der Waals surface area contributed by atoms with Crippen molar-refractivity contribution >= 4 is 23.1 Å². The van der Waals surface area contributed by atoms with Crippen molar-refractivity contribution in [3.8, 4) is 5.69 Å². The summed E-state index contributed by atoms with van der Waals surface area (Å²) in [5, 5.41) is 19.7. The van der Waals surface area contributed by atoms with E-state index in [1.807, 2.05) is 11.5 Å². The lowest BCUT2D eigenvalue weighted by Gasteiger charge is -2.12. The summed E-state index contributed by atoms with van der Waals surface area (Å²) >= 11 is 3.27. The van der Waals surface area contributed by atoms with Crippen molar-refractivity contribution in [3.63, 3.8) is 0 Å². The standard InChI is InChI=1S/C15H17N5S2/c1-9-5-6-13(10(2)7-9)20-8-16-19-15(20)21-11(3)14-18-17-12(4)22-14/h5-8,11H,1-4H3/t11-/m0/s1. The predicted octanol–water partition coefficient (Wildman–Crippen LogP) is 3.90. The first-order chi connectivity index (χ1) is 10.5. The molecule has 2 aromatic heterocycles. The first-order valence-corrected chi connectivity index (χ1v) is 8.68. The molecule has 0 aliphatic heterocycles. The molecule has 0 aliphatic carbocycles. The predicted molar refractivity (Wildman–Crippen MR) is 89.8 cm³/mol. The van der Waals surface area contributed by atoms with E-state index in [9.17, 15) is 0 Å². The van der Waals surface area contributed by atoms with Crippen molar-refractivity contribution in [2.24, 2.45) is 0 Å². The zero-order chi connectivity index (χ0) is 15.7. The van der Waals surface area contributed by atoms with Gasteiger partial charge < -0.3 is 0 Å². The molecule has 0 fully saturated rings. The fourth-order valence-corrected chi connectivity index (χ4v) is 3.97. The van der Waals surface area contributed by atoms with E-state index in [4.69, 9.17) is 0 Å². The summed E-state index contributed by atoms with van der Waals surface area (Å²) in [7, 11) is 0. The van der Waals surface area contributed by atoms with Crippen LogP contribution in [0.15, 0.2) is 29.7 Å². The lowest BCUT2D eigenvalue weighted by atomic mass is 10.1. The Hall–Kier alpha value is -1.73. The second-order valence-corrected chi connectivity index (χ2v) is 7.71. The van der Waals surface area contributed by atoms with Gasteiger partial charge in [0.05, 0.1) is 10.9 Å². The quantitative estimate of drug-likeness (QED) is 0.679. The van der Waals surface area contributed by atoms with Crippen molar-refractivity contribution in [3.05, 3.63) is 45.7 Å². The van der Waals surface area contributed by atoms with E-state index in [1.54, 1.807) is 29.4 Å². The van der Waals surface area contributed by atoms with Crippen molar-refractivity contribution in [2.45, 2.75) is 38.1 Å². The summed E-state index contributed by atoms with van der Waals surface area (Å²) in [5.41, 5.74) is 3.57. The Morgan fingerprint density at radius 1 is 1.14 bits per heavy atom. The van der Waals surface area contributed by atoms with Crippen molar-refractivity contribution < 1.29 is 0 Å². The van der Waals surface area contributed by atoms with Crippen LogP contribution in [-0.4, -0.2) is 25.0 Å². The van der Waals surface area contributed by atoms with Crippen LogP contribution in [0.2, 0.25) is 0 Å². The Morgan fingerprint density at radius 2 is 1.95 bits per heavy atom. The van der Waals surface area contributed by atoms with Gasteiger partial charge in [0.25, 0.3) is 0 Å². The van der Waals surface area contributed by atoms with Gasteiger partial charge >= 0.3 is 0 Å². The molecule has 1 atom stereocenters. The molecule has 3 rings (SSSR count). The zero-order valence-electron chi connectivity index (χ0n) is 12.9. The normalized spacial score (nSPS) is 12.5. The summed E-state index contributed by atoms with van der Waals surface area (Å²) in [6.45, 7) is 8.29. The van der Waals surface area contributed by atoms with Gasteiger partial charge in [-0.15, -0.1) is 31.7 Å². The van der Waals surface area contributed by atoms with E-state index >= 15 is 0 Å². The molecule has 5 nitrogen and oxygen atoms in total. The molecule has 2 heterocycles. The highest BCUT2D eigenvalue weighted by Gasteiger charge is 2.17. The number of hydrogen-bond donors (Lipinski definition) is 0. The van der Waals surface area contributed by atoms with Crippen LogP contribution >= 0.6 is 23.1 Å². The average Bonchev–Trinajstić information content (AvgIpc) is 3.08. The van der Waals surface area contributed by atoms with Gasteiger partial charge in [0, 0.05) is 0 Å². The van der Waals surface area contributed by atoms with Crippen LogP contribution in [0.5, 0.6) is 0 Å². The maximum atomic E-state index is 4.26. The second-order valence-electron chi connectivity index (χ2n) is 5.19. The largest absolute Gasteiger partial charge is 0.276 e. The highest BCUT2D eigenvalue weighted by molar-refractivity contribution is 7.99. The van der Waals surface area contributed by atoms with E-state index in [-0.39, 0.29) is 5.25 Å². The SMILES string of the molecule is Cc1ccc(-n2cnnc2S[C@@H](C)c2nnc(C)s2)c(C)c1. The number of benzene rings is 1. The van der Waals surface area contributed by atoms with E-state index in [1.165, 1.54) is 11.1 Å². The maximum Gasteiger partial charge on any atom is 0.196 e. The summed E-state index contributed by atoms with van der Waals surface area (Å²) < 4.78 is 2.03. The molecule has 0 radical (unpaired) electrons. The minimum atomic E-state index is 0.194. The molecule has 0 spiro atoms. The molecule has 0 bridgehead atoms. The third kappa shape index (κ3) is 3.05. The third-order valence-corrected chi connectivity index (χ3v) is 5.54. The van der Waals surface area contributed by atoms with Crippen LogP contribution in [0.25, 0.3) is 5.69 Å². The number of rotatable bonds is 4. The van der Waals surface area contributed by atoms with Crippen molar-refractivity contribution in [1.29, 1.82) is 0 Å². The number of aromatic nitrogens is 5. The number of nitrogens with zero attached hydrogens (tertiary/aromatic N) is 5. The Morgan fingerprint density at radius 3 is 2.64 bits per heavy atom. The molecular weight excluding hydrogens is 314 g/mol. The van der Waals surface area contributed by atoms with E-state index < -0.39 is 0 Å². The summed E-state index contributed by atoms with van der Waals surface area (Å²) in [6, 6.07) is 6.38. The average molecular weight is 331 g/mol. The number of aryl methyl sites for hydroxylation is 3. The van der Waals surface area contributed by atoms with Crippen LogP contribution in [-0.2, 0) is 0 Å². The van der Waals surface area contributed by atoms with Crippen LogP contribution in [0.1, 0.15) is 33.3 Å². The lowest BCUT2D eigenvalue weighted by Crippen LogP contribution is -1.99. The van der Waals surface area contributed by atoms with E-state index in [2.05, 4.69) is 59.4 Å². The Labute approximate surface area is 137 Å². The summed E-state index contributed by atoms with van der Waals surface area (Å²) in [5.74, 6) is 0.